The zero-order valence-corrected chi connectivity index (χ0v) is 10.8. The second-order valence-electron chi connectivity index (χ2n) is 4.16. The van der Waals surface area contributed by atoms with E-state index in [9.17, 15) is 4.79 Å². The van der Waals surface area contributed by atoms with Crippen molar-refractivity contribution < 1.29 is 4.79 Å². The Bertz CT molecular complexity index is 634. The number of carbonyl (C=O) groups is 1. The number of aryl methyl sites for hydroxylation is 2. The Hall–Kier alpha value is -2.61. The van der Waals surface area contributed by atoms with Crippen LogP contribution in [0, 0.1) is 11.3 Å². The van der Waals surface area contributed by atoms with Gasteiger partial charge in [-0.1, -0.05) is 6.92 Å². The third-order valence-electron chi connectivity index (χ3n) is 2.76. The van der Waals surface area contributed by atoms with E-state index in [0.717, 1.165) is 5.69 Å². The van der Waals surface area contributed by atoms with E-state index in [1.807, 2.05) is 13.0 Å². The fraction of sp³-hybridized carbons (Fsp3) is 0.214. The minimum atomic E-state index is -0.186. The van der Waals surface area contributed by atoms with Gasteiger partial charge in [0.2, 0.25) is 0 Å². The number of nitrogens with one attached hydrogen (secondary N) is 1. The third-order valence-corrected chi connectivity index (χ3v) is 2.76. The standard InChI is InChI=1S/C14H14N4O/c1-3-13-12(9-18(2)17-13)14(19)16-11-6-4-10(8-15)5-7-11/h4-7,9H,3H2,1-2H3,(H,16,19). The predicted molar refractivity (Wildman–Crippen MR) is 71.7 cm³/mol. The second-order valence-corrected chi connectivity index (χ2v) is 4.16. The van der Waals surface area contributed by atoms with Crippen molar-refractivity contribution in [2.24, 2.45) is 7.05 Å². The van der Waals surface area contributed by atoms with E-state index in [1.54, 1.807) is 42.2 Å². The van der Waals surface area contributed by atoms with Crippen LogP contribution >= 0.6 is 0 Å². The molecule has 0 atom stereocenters. The summed E-state index contributed by atoms with van der Waals surface area (Å²) in [5.74, 6) is -0.186. The minimum absolute atomic E-state index is 0.186. The van der Waals surface area contributed by atoms with Gasteiger partial charge in [0.25, 0.3) is 5.91 Å². The number of hydrogen-bond donors (Lipinski definition) is 1. The van der Waals surface area contributed by atoms with Crippen LogP contribution in [0.3, 0.4) is 0 Å². The summed E-state index contributed by atoms with van der Waals surface area (Å²) in [7, 11) is 1.79. The van der Waals surface area contributed by atoms with Crippen LogP contribution in [-0.4, -0.2) is 15.7 Å². The fourth-order valence-electron chi connectivity index (χ4n) is 1.81. The number of benzene rings is 1. The van der Waals surface area contributed by atoms with Crippen molar-refractivity contribution in [3.05, 3.63) is 47.3 Å². The van der Waals surface area contributed by atoms with Crippen molar-refractivity contribution in [2.75, 3.05) is 5.32 Å². The first-order valence-electron chi connectivity index (χ1n) is 5.98. The predicted octanol–water partition coefficient (Wildman–Crippen LogP) is 2.11. The molecular weight excluding hydrogens is 240 g/mol. The quantitative estimate of drug-likeness (QED) is 0.911. The van der Waals surface area contributed by atoms with Gasteiger partial charge in [-0.15, -0.1) is 0 Å². The SMILES string of the molecule is CCc1nn(C)cc1C(=O)Nc1ccc(C#N)cc1. The maximum atomic E-state index is 12.1. The molecule has 1 aromatic carbocycles. The van der Waals surface area contributed by atoms with Crippen LogP contribution in [0.15, 0.2) is 30.5 Å². The van der Waals surface area contributed by atoms with Crippen LogP contribution in [-0.2, 0) is 13.5 Å². The molecule has 1 N–H and O–H groups in total. The van der Waals surface area contributed by atoms with Gasteiger partial charge in [-0.25, -0.2) is 0 Å². The normalized spacial score (nSPS) is 9.95. The van der Waals surface area contributed by atoms with Crippen LogP contribution < -0.4 is 5.32 Å². The summed E-state index contributed by atoms with van der Waals surface area (Å²) in [5.41, 5.74) is 2.58. The van der Waals surface area contributed by atoms with Crippen LogP contribution in [0.5, 0.6) is 0 Å². The number of nitrogens with zero attached hydrogens (tertiary/aromatic N) is 3. The van der Waals surface area contributed by atoms with Gasteiger partial charge < -0.3 is 5.32 Å². The van der Waals surface area contributed by atoms with E-state index in [0.29, 0.717) is 23.2 Å². The molecule has 0 spiro atoms. The molecule has 96 valence electrons. The number of rotatable bonds is 3. The third kappa shape index (κ3) is 2.80. The number of hydrogen-bond acceptors (Lipinski definition) is 3. The summed E-state index contributed by atoms with van der Waals surface area (Å²) in [6, 6.07) is 8.78. The lowest BCUT2D eigenvalue weighted by molar-refractivity contribution is 0.102. The molecule has 0 saturated carbocycles. The Morgan fingerprint density at radius 1 is 1.42 bits per heavy atom. The monoisotopic (exact) mass is 254 g/mol. The molecule has 0 aliphatic heterocycles. The van der Waals surface area contributed by atoms with E-state index < -0.39 is 0 Å². The summed E-state index contributed by atoms with van der Waals surface area (Å²) in [6.07, 6.45) is 2.41. The van der Waals surface area contributed by atoms with Gasteiger partial charge in [0.15, 0.2) is 0 Å². The topological polar surface area (TPSA) is 70.7 Å². The maximum absolute atomic E-state index is 12.1. The molecule has 2 aromatic rings. The Kier molecular flexibility index (Phi) is 3.62. The van der Waals surface area contributed by atoms with Gasteiger partial charge in [-0.3, -0.25) is 9.48 Å². The van der Waals surface area contributed by atoms with Crippen LogP contribution in [0.2, 0.25) is 0 Å². The van der Waals surface area contributed by atoms with Gasteiger partial charge in [-0.05, 0) is 30.7 Å². The average Bonchev–Trinajstić information content (AvgIpc) is 2.81. The minimum Gasteiger partial charge on any atom is -0.322 e. The molecule has 19 heavy (non-hydrogen) atoms. The van der Waals surface area contributed by atoms with Crippen molar-refractivity contribution in [1.29, 1.82) is 5.26 Å². The number of carbonyl (C=O) groups excluding carboxylic acids is 1. The maximum Gasteiger partial charge on any atom is 0.259 e. The van der Waals surface area contributed by atoms with Crippen molar-refractivity contribution >= 4 is 11.6 Å². The zero-order chi connectivity index (χ0) is 13.8. The molecule has 1 heterocycles. The van der Waals surface area contributed by atoms with E-state index in [1.165, 1.54) is 0 Å². The van der Waals surface area contributed by atoms with Gasteiger partial charge in [0.05, 0.1) is 22.9 Å². The lowest BCUT2D eigenvalue weighted by Gasteiger charge is -2.04. The highest BCUT2D eigenvalue weighted by molar-refractivity contribution is 6.04. The van der Waals surface area contributed by atoms with Crippen LogP contribution in [0.25, 0.3) is 0 Å². The summed E-state index contributed by atoms with van der Waals surface area (Å²) in [5, 5.41) is 15.7. The number of nitriles is 1. The summed E-state index contributed by atoms with van der Waals surface area (Å²) in [4.78, 5) is 12.1. The largest absolute Gasteiger partial charge is 0.322 e. The Labute approximate surface area is 111 Å². The van der Waals surface area contributed by atoms with Crippen LogP contribution in [0.1, 0.15) is 28.5 Å². The molecule has 0 aliphatic rings. The molecule has 0 aliphatic carbocycles. The Morgan fingerprint density at radius 2 is 2.11 bits per heavy atom. The van der Waals surface area contributed by atoms with Gasteiger partial charge in [0, 0.05) is 18.9 Å². The molecule has 1 amide bonds. The zero-order valence-electron chi connectivity index (χ0n) is 10.8. The molecule has 5 heteroatoms. The van der Waals surface area contributed by atoms with E-state index in [4.69, 9.17) is 5.26 Å². The number of aromatic nitrogens is 2. The summed E-state index contributed by atoms with van der Waals surface area (Å²) >= 11 is 0. The van der Waals surface area contributed by atoms with E-state index in [-0.39, 0.29) is 5.91 Å². The summed E-state index contributed by atoms with van der Waals surface area (Å²) < 4.78 is 1.63. The lowest BCUT2D eigenvalue weighted by atomic mass is 10.2. The lowest BCUT2D eigenvalue weighted by Crippen LogP contribution is -2.13. The first kappa shape index (κ1) is 12.8. The van der Waals surface area contributed by atoms with Crippen molar-refractivity contribution in [2.45, 2.75) is 13.3 Å². The van der Waals surface area contributed by atoms with Crippen molar-refractivity contribution in [1.82, 2.24) is 9.78 Å². The molecular formula is C14H14N4O. The highest BCUT2D eigenvalue weighted by Crippen LogP contribution is 2.13. The molecule has 5 nitrogen and oxygen atoms in total. The number of amides is 1. The Balaban J connectivity index is 2.18. The van der Waals surface area contributed by atoms with E-state index in [2.05, 4.69) is 10.4 Å². The van der Waals surface area contributed by atoms with Gasteiger partial charge in [0.1, 0.15) is 0 Å². The molecule has 2 rings (SSSR count). The molecule has 0 unspecified atom stereocenters. The number of anilines is 1. The molecule has 0 radical (unpaired) electrons. The first-order chi connectivity index (χ1) is 9.13. The highest BCUT2D eigenvalue weighted by atomic mass is 16.1. The average molecular weight is 254 g/mol. The molecule has 0 saturated heterocycles. The van der Waals surface area contributed by atoms with Crippen molar-refractivity contribution in [3.8, 4) is 6.07 Å². The highest BCUT2D eigenvalue weighted by Gasteiger charge is 2.14. The van der Waals surface area contributed by atoms with Gasteiger partial charge in [-0.2, -0.15) is 10.4 Å². The summed E-state index contributed by atoms with van der Waals surface area (Å²) in [6.45, 7) is 1.96. The van der Waals surface area contributed by atoms with Crippen molar-refractivity contribution in [3.63, 3.8) is 0 Å². The van der Waals surface area contributed by atoms with Crippen LogP contribution in [0.4, 0.5) is 5.69 Å². The fourth-order valence-corrected chi connectivity index (χ4v) is 1.81. The van der Waals surface area contributed by atoms with E-state index >= 15 is 0 Å². The second kappa shape index (κ2) is 5.36. The first-order valence-corrected chi connectivity index (χ1v) is 5.98. The molecule has 0 bridgehead atoms. The van der Waals surface area contributed by atoms with Gasteiger partial charge >= 0.3 is 0 Å². The smallest absolute Gasteiger partial charge is 0.259 e. The Morgan fingerprint density at radius 3 is 2.68 bits per heavy atom. The molecule has 1 aromatic heterocycles. The molecule has 0 fully saturated rings.